The summed E-state index contributed by atoms with van der Waals surface area (Å²) in [5.74, 6) is -0.453. The lowest BCUT2D eigenvalue weighted by atomic mass is 10.1. The fraction of sp³-hybridized carbons (Fsp3) is 0.381. The second kappa shape index (κ2) is 10.1. The first-order valence-corrected chi connectivity index (χ1v) is 11.1. The summed E-state index contributed by atoms with van der Waals surface area (Å²) in [6, 6.07) is 12.2. The molecule has 1 amide bonds. The summed E-state index contributed by atoms with van der Waals surface area (Å²) in [6.45, 7) is 5.32. The molecule has 7 heteroatoms. The molecule has 0 unspecified atom stereocenters. The van der Waals surface area contributed by atoms with Crippen molar-refractivity contribution in [1.29, 1.82) is 0 Å². The van der Waals surface area contributed by atoms with E-state index in [0.29, 0.717) is 13.1 Å². The molecular formula is C21H28N2O4S. The van der Waals surface area contributed by atoms with E-state index in [-0.39, 0.29) is 27.8 Å². The van der Waals surface area contributed by atoms with Crippen LogP contribution in [0.2, 0.25) is 0 Å². The first-order valence-electron chi connectivity index (χ1n) is 9.59. The van der Waals surface area contributed by atoms with Crippen molar-refractivity contribution >= 4 is 21.6 Å². The third-order valence-corrected chi connectivity index (χ3v) is 5.78. The number of phenolic OH excluding ortho intramolecular Hbond substituents is 1. The van der Waals surface area contributed by atoms with Crippen molar-refractivity contribution in [1.82, 2.24) is 4.90 Å². The van der Waals surface area contributed by atoms with Gasteiger partial charge in [-0.15, -0.1) is 0 Å². The van der Waals surface area contributed by atoms with Gasteiger partial charge < -0.3 is 10.0 Å². The van der Waals surface area contributed by atoms with E-state index in [0.717, 1.165) is 25.7 Å². The fourth-order valence-electron chi connectivity index (χ4n) is 2.77. The maximum Gasteiger partial charge on any atom is 0.261 e. The van der Waals surface area contributed by atoms with Crippen molar-refractivity contribution in [2.24, 2.45) is 0 Å². The minimum Gasteiger partial charge on any atom is -0.507 e. The lowest BCUT2D eigenvalue weighted by Gasteiger charge is -2.23. The van der Waals surface area contributed by atoms with Crippen molar-refractivity contribution in [3.8, 4) is 5.75 Å². The maximum atomic E-state index is 13.0. The molecule has 0 aromatic heterocycles. The van der Waals surface area contributed by atoms with Crippen molar-refractivity contribution in [3.05, 3.63) is 54.1 Å². The Labute approximate surface area is 167 Å². The summed E-state index contributed by atoms with van der Waals surface area (Å²) in [5, 5.41) is 10.2. The number of hydrogen-bond donors (Lipinski definition) is 2. The van der Waals surface area contributed by atoms with Gasteiger partial charge in [0.05, 0.1) is 10.5 Å². The zero-order valence-corrected chi connectivity index (χ0v) is 17.2. The third kappa shape index (κ3) is 5.73. The normalized spacial score (nSPS) is 11.2. The highest BCUT2D eigenvalue weighted by atomic mass is 32.2. The van der Waals surface area contributed by atoms with Gasteiger partial charge in [-0.3, -0.25) is 9.52 Å². The summed E-state index contributed by atoms with van der Waals surface area (Å²) in [4.78, 5) is 14.8. The van der Waals surface area contributed by atoms with Crippen LogP contribution < -0.4 is 4.72 Å². The SMILES string of the molecule is CCCCN(CCCC)C(=O)c1cc(NS(=O)(=O)c2ccccc2)ccc1O. The zero-order chi connectivity index (χ0) is 20.6. The van der Waals surface area contributed by atoms with Crippen LogP contribution in [0.1, 0.15) is 49.9 Å². The summed E-state index contributed by atoms with van der Waals surface area (Å²) < 4.78 is 27.5. The van der Waals surface area contributed by atoms with Crippen LogP contribution in [0.25, 0.3) is 0 Å². The number of benzene rings is 2. The van der Waals surface area contributed by atoms with Crippen LogP contribution in [0.15, 0.2) is 53.4 Å². The number of aromatic hydroxyl groups is 1. The molecule has 6 nitrogen and oxygen atoms in total. The van der Waals surface area contributed by atoms with E-state index < -0.39 is 10.0 Å². The summed E-state index contributed by atoms with van der Waals surface area (Å²) >= 11 is 0. The highest BCUT2D eigenvalue weighted by molar-refractivity contribution is 7.92. The smallest absolute Gasteiger partial charge is 0.261 e. The molecule has 2 rings (SSSR count). The number of hydrogen-bond acceptors (Lipinski definition) is 4. The predicted molar refractivity (Wildman–Crippen MR) is 111 cm³/mol. The van der Waals surface area contributed by atoms with Gasteiger partial charge >= 0.3 is 0 Å². The lowest BCUT2D eigenvalue weighted by molar-refractivity contribution is 0.0748. The molecule has 0 aliphatic rings. The highest BCUT2D eigenvalue weighted by Gasteiger charge is 2.20. The van der Waals surface area contributed by atoms with E-state index in [4.69, 9.17) is 0 Å². The average molecular weight is 405 g/mol. The van der Waals surface area contributed by atoms with E-state index in [9.17, 15) is 18.3 Å². The number of nitrogens with zero attached hydrogens (tertiary/aromatic N) is 1. The molecule has 0 aliphatic carbocycles. The number of rotatable bonds is 10. The Morgan fingerprint density at radius 1 is 1.00 bits per heavy atom. The number of nitrogens with one attached hydrogen (secondary N) is 1. The molecule has 0 saturated heterocycles. The quantitative estimate of drug-likeness (QED) is 0.580. The van der Waals surface area contributed by atoms with Crippen molar-refractivity contribution < 1.29 is 18.3 Å². The van der Waals surface area contributed by atoms with Gasteiger partial charge in [0.1, 0.15) is 5.75 Å². The van der Waals surface area contributed by atoms with Gasteiger partial charge in [-0.2, -0.15) is 0 Å². The Balaban J connectivity index is 2.27. The number of sulfonamides is 1. The van der Waals surface area contributed by atoms with E-state index in [1.165, 1.54) is 30.3 Å². The molecule has 0 saturated carbocycles. The zero-order valence-electron chi connectivity index (χ0n) is 16.4. The molecule has 2 N–H and O–H groups in total. The molecule has 28 heavy (non-hydrogen) atoms. The monoisotopic (exact) mass is 404 g/mol. The largest absolute Gasteiger partial charge is 0.507 e. The summed E-state index contributed by atoms with van der Waals surface area (Å²) in [6.07, 6.45) is 3.66. The Hall–Kier alpha value is -2.54. The minimum absolute atomic E-state index is 0.0977. The molecule has 152 valence electrons. The number of anilines is 1. The lowest BCUT2D eigenvalue weighted by Crippen LogP contribution is -2.33. The predicted octanol–water partition coefficient (Wildman–Crippen LogP) is 4.24. The van der Waals surface area contributed by atoms with Crippen LogP contribution in [0.3, 0.4) is 0 Å². The summed E-state index contributed by atoms with van der Waals surface area (Å²) in [5.41, 5.74) is 0.330. The Bertz CT molecular complexity index is 875. The average Bonchev–Trinajstić information content (AvgIpc) is 2.69. The summed E-state index contributed by atoms with van der Waals surface area (Å²) in [7, 11) is -3.77. The van der Waals surface area contributed by atoms with Gasteiger partial charge in [0.2, 0.25) is 0 Å². The first-order chi connectivity index (χ1) is 13.4. The molecule has 0 bridgehead atoms. The second-order valence-corrected chi connectivity index (χ2v) is 8.33. The van der Waals surface area contributed by atoms with Gasteiger partial charge in [-0.25, -0.2) is 8.42 Å². The molecule has 2 aromatic carbocycles. The van der Waals surface area contributed by atoms with Crippen LogP contribution >= 0.6 is 0 Å². The highest BCUT2D eigenvalue weighted by Crippen LogP contribution is 2.25. The number of carbonyl (C=O) groups is 1. The van der Waals surface area contributed by atoms with Crippen LogP contribution in [0.5, 0.6) is 5.75 Å². The van der Waals surface area contributed by atoms with Crippen molar-refractivity contribution in [2.45, 2.75) is 44.4 Å². The van der Waals surface area contributed by atoms with Crippen LogP contribution in [0.4, 0.5) is 5.69 Å². The van der Waals surface area contributed by atoms with Crippen molar-refractivity contribution in [2.75, 3.05) is 17.8 Å². The molecule has 0 radical (unpaired) electrons. The van der Waals surface area contributed by atoms with Crippen LogP contribution in [0, 0.1) is 0 Å². The first kappa shape index (κ1) is 21.8. The Morgan fingerprint density at radius 3 is 2.18 bits per heavy atom. The van der Waals surface area contributed by atoms with Crippen molar-refractivity contribution in [3.63, 3.8) is 0 Å². The van der Waals surface area contributed by atoms with Gasteiger partial charge in [0, 0.05) is 18.8 Å². The standard InChI is InChI=1S/C21H28N2O4S/c1-3-5-14-23(15-6-4-2)21(25)19-16-17(12-13-20(19)24)22-28(26,27)18-10-8-7-9-11-18/h7-13,16,22,24H,3-6,14-15H2,1-2H3. The topological polar surface area (TPSA) is 86.7 Å². The van der Waals surface area contributed by atoms with E-state index in [1.54, 1.807) is 23.1 Å². The molecule has 0 fully saturated rings. The van der Waals surface area contributed by atoms with Gasteiger partial charge in [0.15, 0.2) is 0 Å². The Kier molecular flexibility index (Phi) is 7.87. The van der Waals surface area contributed by atoms with Crippen LogP contribution in [-0.2, 0) is 10.0 Å². The fourth-order valence-corrected chi connectivity index (χ4v) is 3.84. The second-order valence-electron chi connectivity index (χ2n) is 6.65. The molecule has 0 spiro atoms. The molecule has 2 aromatic rings. The molecule has 0 atom stereocenters. The molecule has 0 aliphatic heterocycles. The van der Waals surface area contributed by atoms with E-state index in [1.807, 2.05) is 0 Å². The third-order valence-electron chi connectivity index (χ3n) is 4.38. The maximum absolute atomic E-state index is 13.0. The van der Waals surface area contributed by atoms with E-state index in [2.05, 4.69) is 18.6 Å². The Morgan fingerprint density at radius 2 is 1.61 bits per heavy atom. The molecular weight excluding hydrogens is 376 g/mol. The van der Waals surface area contributed by atoms with Gasteiger partial charge in [0.25, 0.3) is 15.9 Å². The van der Waals surface area contributed by atoms with Gasteiger partial charge in [-0.05, 0) is 43.2 Å². The number of carbonyl (C=O) groups excluding carboxylic acids is 1. The minimum atomic E-state index is -3.77. The number of unbranched alkanes of at least 4 members (excludes halogenated alkanes) is 2. The molecule has 0 heterocycles. The number of phenols is 1. The number of amides is 1. The van der Waals surface area contributed by atoms with Gasteiger partial charge in [-0.1, -0.05) is 44.9 Å². The van der Waals surface area contributed by atoms with Crippen LogP contribution in [-0.4, -0.2) is 37.4 Å². The van der Waals surface area contributed by atoms with E-state index >= 15 is 0 Å².